The zero-order valence-corrected chi connectivity index (χ0v) is 12.9. The molecule has 1 unspecified atom stereocenters. The number of methoxy groups -OCH3 is 1. The Labute approximate surface area is 117 Å². The number of hydrogen-bond acceptors (Lipinski definition) is 3. The standard InChI is InChI=1S/C15H30N2O2/c1-5-15(2,3)11-6-8-12(9-7-11)17-14(18)13(16)10-19-4/h11-13H,5-10,16H2,1-4H3,(H,17,18). The molecule has 112 valence electrons. The molecule has 19 heavy (non-hydrogen) atoms. The molecule has 0 aliphatic heterocycles. The predicted molar refractivity (Wildman–Crippen MR) is 77.8 cm³/mol. The minimum Gasteiger partial charge on any atom is -0.383 e. The van der Waals surface area contributed by atoms with Gasteiger partial charge in [0.25, 0.3) is 0 Å². The van der Waals surface area contributed by atoms with Crippen LogP contribution in [0.5, 0.6) is 0 Å². The highest BCUT2D eigenvalue weighted by Gasteiger charge is 2.32. The van der Waals surface area contributed by atoms with Crippen molar-refractivity contribution in [1.29, 1.82) is 0 Å². The van der Waals surface area contributed by atoms with Crippen molar-refractivity contribution in [2.45, 2.75) is 65.0 Å². The van der Waals surface area contributed by atoms with E-state index >= 15 is 0 Å². The van der Waals surface area contributed by atoms with Crippen LogP contribution in [0.4, 0.5) is 0 Å². The lowest BCUT2D eigenvalue weighted by Crippen LogP contribution is -2.48. The summed E-state index contributed by atoms with van der Waals surface area (Å²) in [6.07, 6.45) is 5.75. The molecule has 4 nitrogen and oxygen atoms in total. The molecule has 0 bridgehead atoms. The predicted octanol–water partition coefficient (Wildman–Crippen LogP) is 2.07. The van der Waals surface area contributed by atoms with E-state index in [-0.39, 0.29) is 12.5 Å². The Balaban J connectivity index is 2.36. The monoisotopic (exact) mass is 270 g/mol. The maximum absolute atomic E-state index is 11.8. The summed E-state index contributed by atoms with van der Waals surface area (Å²) < 4.78 is 4.90. The molecule has 1 amide bonds. The molecule has 0 spiro atoms. The van der Waals surface area contributed by atoms with Gasteiger partial charge in [-0.2, -0.15) is 0 Å². The molecule has 1 fully saturated rings. The van der Waals surface area contributed by atoms with E-state index in [4.69, 9.17) is 10.5 Å². The zero-order valence-electron chi connectivity index (χ0n) is 12.9. The maximum atomic E-state index is 11.8. The average Bonchev–Trinajstić information content (AvgIpc) is 2.39. The van der Waals surface area contributed by atoms with Gasteiger partial charge >= 0.3 is 0 Å². The highest BCUT2D eigenvalue weighted by Crippen LogP contribution is 2.40. The van der Waals surface area contributed by atoms with Gasteiger partial charge < -0.3 is 15.8 Å². The largest absolute Gasteiger partial charge is 0.383 e. The number of hydrogen-bond donors (Lipinski definition) is 2. The van der Waals surface area contributed by atoms with Crippen LogP contribution in [-0.4, -0.2) is 31.7 Å². The Morgan fingerprint density at radius 2 is 1.95 bits per heavy atom. The van der Waals surface area contributed by atoms with Crippen molar-refractivity contribution in [2.24, 2.45) is 17.1 Å². The number of carbonyl (C=O) groups excluding carboxylic acids is 1. The van der Waals surface area contributed by atoms with Gasteiger partial charge in [-0.3, -0.25) is 4.79 Å². The SMILES string of the molecule is CCC(C)(C)C1CCC(NC(=O)C(N)COC)CC1. The normalized spacial score (nSPS) is 25.9. The number of carbonyl (C=O) groups is 1. The number of rotatable bonds is 6. The quantitative estimate of drug-likeness (QED) is 0.776. The van der Waals surface area contributed by atoms with Gasteiger partial charge in [0.15, 0.2) is 0 Å². The fraction of sp³-hybridized carbons (Fsp3) is 0.933. The molecule has 0 heterocycles. The minimum absolute atomic E-state index is 0.0833. The van der Waals surface area contributed by atoms with Gasteiger partial charge in [-0.1, -0.05) is 27.2 Å². The van der Waals surface area contributed by atoms with Gasteiger partial charge in [-0.25, -0.2) is 0 Å². The second kappa shape index (κ2) is 7.25. The van der Waals surface area contributed by atoms with Crippen molar-refractivity contribution >= 4 is 5.91 Å². The Hall–Kier alpha value is -0.610. The van der Waals surface area contributed by atoms with E-state index in [1.165, 1.54) is 19.3 Å². The van der Waals surface area contributed by atoms with Crippen molar-refractivity contribution in [3.63, 3.8) is 0 Å². The smallest absolute Gasteiger partial charge is 0.239 e. The minimum atomic E-state index is -0.546. The lowest BCUT2D eigenvalue weighted by Gasteiger charge is -2.39. The van der Waals surface area contributed by atoms with E-state index in [0.29, 0.717) is 11.5 Å². The summed E-state index contributed by atoms with van der Waals surface area (Å²) in [6.45, 7) is 7.25. The van der Waals surface area contributed by atoms with Crippen LogP contribution in [0, 0.1) is 11.3 Å². The van der Waals surface area contributed by atoms with Crippen molar-refractivity contribution < 1.29 is 9.53 Å². The topological polar surface area (TPSA) is 64.4 Å². The van der Waals surface area contributed by atoms with Gasteiger partial charge in [-0.05, 0) is 37.0 Å². The van der Waals surface area contributed by atoms with E-state index in [9.17, 15) is 4.79 Å². The number of nitrogens with two attached hydrogens (primary N) is 1. The van der Waals surface area contributed by atoms with Crippen molar-refractivity contribution in [3.8, 4) is 0 Å². The van der Waals surface area contributed by atoms with E-state index in [0.717, 1.165) is 18.8 Å². The fourth-order valence-electron chi connectivity index (χ4n) is 2.87. The van der Waals surface area contributed by atoms with Gasteiger partial charge in [0.1, 0.15) is 6.04 Å². The molecule has 1 saturated carbocycles. The molecule has 0 saturated heterocycles. The van der Waals surface area contributed by atoms with Crippen LogP contribution in [0.3, 0.4) is 0 Å². The van der Waals surface area contributed by atoms with Crippen LogP contribution in [0.2, 0.25) is 0 Å². The molecule has 4 heteroatoms. The third kappa shape index (κ3) is 4.77. The molecule has 1 rings (SSSR count). The molecule has 0 aromatic rings. The highest BCUT2D eigenvalue weighted by atomic mass is 16.5. The van der Waals surface area contributed by atoms with Crippen molar-refractivity contribution in [2.75, 3.05) is 13.7 Å². The molecule has 0 radical (unpaired) electrons. The molecule has 0 aromatic carbocycles. The molecule has 1 atom stereocenters. The fourth-order valence-corrected chi connectivity index (χ4v) is 2.87. The number of ether oxygens (including phenoxy) is 1. The third-order valence-electron chi connectivity index (χ3n) is 4.77. The molecular formula is C15H30N2O2. The highest BCUT2D eigenvalue weighted by molar-refractivity contribution is 5.81. The molecular weight excluding hydrogens is 240 g/mol. The van der Waals surface area contributed by atoms with Crippen LogP contribution < -0.4 is 11.1 Å². The summed E-state index contributed by atoms with van der Waals surface area (Å²) in [7, 11) is 1.56. The summed E-state index contributed by atoms with van der Waals surface area (Å²) in [5.74, 6) is 0.693. The van der Waals surface area contributed by atoms with E-state index < -0.39 is 6.04 Å². The molecule has 0 aromatic heterocycles. The number of amides is 1. The maximum Gasteiger partial charge on any atom is 0.239 e. The van der Waals surface area contributed by atoms with E-state index in [1.54, 1.807) is 7.11 Å². The molecule has 1 aliphatic rings. The second-order valence-corrected chi connectivity index (χ2v) is 6.46. The Kier molecular flexibility index (Phi) is 6.27. The first kappa shape index (κ1) is 16.4. The third-order valence-corrected chi connectivity index (χ3v) is 4.77. The first-order valence-corrected chi connectivity index (χ1v) is 7.45. The van der Waals surface area contributed by atoms with Gasteiger partial charge in [-0.15, -0.1) is 0 Å². The van der Waals surface area contributed by atoms with Crippen LogP contribution in [0.15, 0.2) is 0 Å². The van der Waals surface area contributed by atoms with Gasteiger partial charge in [0.05, 0.1) is 6.61 Å². The average molecular weight is 270 g/mol. The molecule has 1 aliphatic carbocycles. The lowest BCUT2D eigenvalue weighted by atomic mass is 9.69. The zero-order chi connectivity index (χ0) is 14.5. The van der Waals surface area contributed by atoms with Crippen molar-refractivity contribution in [3.05, 3.63) is 0 Å². The number of nitrogens with one attached hydrogen (secondary N) is 1. The van der Waals surface area contributed by atoms with Gasteiger partial charge in [0, 0.05) is 13.2 Å². The summed E-state index contributed by atoms with van der Waals surface area (Å²) in [5, 5.41) is 3.05. The lowest BCUT2D eigenvalue weighted by molar-refractivity contribution is -0.124. The first-order valence-electron chi connectivity index (χ1n) is 7.45. The first-order chi connectivity index (χ1) is 8.90. The second-order valence-electron chi connectivity index (χ2n) is 6.46. The van der Waals surface area contributed by atoms with Crippen molar-refractivity contribution in [1.82, 2.24) is 5.32 Å². The Bertz CT molecular complexity index is 284. The van der Waals surface area contributed by atoms with Crippen LogP contribution in [0.1, 0.15) is 52.9 Å². The molecule has 3 N–H and O–H groups in total. The van der Waals surface area contributed by atoms with E-state index in [1.807, 2.05) is 0 Å². The van der Waals surface area contributed by atoms with E-state index in [2.05, 4.69) is 26.1 Å². The van der Waals surface area contributed by atoms with Crippen LogP contribution in [0.25, 0.3) is 0 Å². The van der Waals surface area contributed by atoms with Gasteiger partial charge in [0.2, 0.25) is 5.91 Å². The summed E-state index contributed by atoms with van der Waals surface area (Å²) in [6, 6.07) is -0.255. The van der Waals surface area contributed by atoms with Crippen LogP contribution >= 0.6 is 0 Å². The summed E-state index contributed by atoms with van der Waals surface area (Å²) in [5.41, 5.74) is 6.14. The Morgan fingerprint density at radius 3 is 2.42 bits per heavy atom. The Morgan fingerprint density at radius 1 is 1.37 bits per heavy atom. The summed E-state index contributed by atoms with van der Waals surface area (Å²) >= 11 is 0. The summed E-state index contributed by atoms with van der Waals surface area (Å²) in [4.78, 5) is 11.8. The van der Waals surface area contributed by atoms with Crippen LogP contribution in [-0.2, 0) is 9.53 Å².